The van der Waals surface area contributed by atoms with E-state index < -0.39 is 0 Å². The van der Waals surface area contributed by atoms with E-state index in [4.69, 9.17) is 10.5 Å². The van der Waals surface area contributed by atoms with Crippen molar-refractivity contribution >= 4 is 0 Å². The van der Waals surface area contributed by atoms with Crippen molar-refractivity contribution in [3.8, 4) is 5.75 Å². The number of hydrogen-bond acceptors (Lipinski definition) is 3. The molecule has 0 bridgehead atoms. The van der Waals surface area contributed by atoms with E-state index in [0.29, 0.717) is 6.04 Å². The van der Waals surface area contributed by atoms with Gasteiger partial charge in [0.05, 0.1) is 7.11 Å². The first-order valence-electron chi connectivity index (χ1n) is 5.73. The van der Waals surface area contributed by atoms with E-state index in [0.717, 1.165) is 18.7 Å². The van der Waals surface area contributed by atoms with Crippen molar-refractivity contribution in [2.45, 2.75) is 32.4 Å². The highest BCUT2D eigenvalue weighted by atomic mass is 16.5. The summed E-state index contributed by atoms with van der Waals surface area (Å²) in [6.07, 6.45) is 0.990. The summed E-state index contributed by atoms with van der Waals surface area (Å²) >= 11 is 0. The Kier molecular flexibility index (Phi) is 5.29. The molecule has 0 fully saturated rings. The van der Waals surface area contributed by atoms with Crippen molar-refractivity contribution in [1.29, 1.82) is 0 Å². The summed E-state index contributed by atoms with van der Waals surface area (Å²) in [5.41, 5.74) is 6.98. The highest BCUT2D eigenvalue weighted by Crippen LogP contribution is 2.13. The third kappa shape index (κ3) is 4.64. The zero-order valence-corrected chi connectivity index (χ0v) is 10.4. The van der Waals surface area contributed by atoms with Crippen LogP contribution in [0.25, 0.3) is 0 Å². The maximum atomic E-state index is 5.70. The van der Waals surface area contributed by atoms with Crippen LogP contribution in [0.4, 0.5) is 0 Å². The van der Waals surface area contributed by atoms with Crippen molar-refractivity contribution in [1.82, 2.24) is 5.32 Å². The molecule has 0 radical (unpaired) electrons. The average Bonchev–Trinajstić information content (AvgIpc) is 2.26. The molecule has 0 heterocycles. The number of ether oxygens (including phenoxy) is 1. The molecule has 1 aromatic rings. The number of hydrogen-bond donors (Lipinski definition) is 2. The Hall–Kier alpha value is -1.06. The van der Waals surface area contributed by atoms with Crippen molar-refractivity contribution in [2.24, 2.45) is 5.73 Å². The third-order valence-corrected chi connectivity index (χ3v) is 2.46. The zero-order valence-electron chi connectivity index (χ0n) is 10.4. The van der Waals surface area contributed by atoms with Crippen LogP contribution in [-0.4, -0.2) is 25.7 Å². The Morgan fingerprint density at radius 3 is 2.75 bits per heavy atom. The Balaban J connectivity index is 2.45. The summed E-state index contributed by atoms with van der Waals surface area (Å²) < 4.78 is 5.19. The fraction of sp³-hybridized carbons (Fsp3) is 0.538. The molecule has 0 amide bonds. The predicted molar refractivity (Wildman–Crippen MR) is 67.8 cm³/mol. The van der Waals surface area contributed by atoms with Gasteiger partial charge in [0.1, 0.15) is 5.75 Å². The van der Waals surface area contributed by atoms with E-state index in [1.807, 2.05) is 19.1 Å². The van der Waals surface area contributed by atoms with Crippen LogP contribution < -0.4 is 15.8 Å². The number of nitrogens with two attached hydrogens (primary N) is 1. The lowest BCUT2D eigenvalue weighted by atomic mass is 10.1. The molecule has 0 aromatic heterocycles. The number of rotatable bonds is 6. The van der Waals surface area contributed by atoms with E-state index in [2.05, 4.69) is 24.4 Å². The molecule has 0 saturated heterocycles. The molecule has 0 saturated carbocycles. The van der Waals surface area contributed by atoms with Crippen LogP contribution in [-0.2, 0) is 6.42 Å². The minimum atomic E-state index is 0.202. The number of methoxy groups -OCH3 is 1. The lowest BCUT2D eigenvalue weighted by Gasteiger charge is -2.15. The molecule has 1 aromatic carbocycles. The van der Waals surface area contributed by atoms with Gasteiger partial charge >= 0.3 is 0 Å². The van der Waals surface area contributed by atoms with Crippen LogP contribution in [0, 0.1) is 0 Å². The van der Waals surface area contributed by atoms with Gasteiger partial charge in [-0.2, -0.15) is 0 Å². The minimum absolute atomic E-state index is 0.202. The van der Waals surface area contributed by atoms with Crippen molar-refractivity contribution < 1.29 is 4.74 Å². The maximum absolute atomic E-state index is 5.70. The smallest absolute Gasteiger partial charge is 0.119 e. The normalized spacial score (nSPS) is 14.5. The standard InChI is InChI=1S/C13H22N2O/c1-10(14)9-15-11(2)7-12-5-4-6-13(8-12)16-3/h4-6,8,10-11,15H,7,9,14H2,1-3H3. The summed E-state index contributed by atoms with van der Waals surface area (Å²) in [6.45, 7) is 5.03. The summed E-state index contributed by atoms with van der Waals surface area (Å²) in [6, 6.07) is 8.80. The molecule has 3 N–H and O–H groups in total. The van der Waals surface area contributed by atoms with Crippen LogP contribution in [0.3, 0.4) is 0 Å². The summed E-state index contributed by atoms with van der Waals surface area (Å²) in [5, 5.41) is 3.40. The summed E-state index contributed by atoms with van der Waals surface area (Å²) in [4.78, 5) is 0. The quantitative estimate of drug-likeness (QED) is 0.768. The zero-order chi connectivity index (χ0) is 12.0. The molecule has 0 aliphatic rings. The SMILES string of the molecule is COc1cccc(CC(C)NCC(C)N)c1. The van der Waals surface area contributed by atoms with Crippen LogP contribution in [0.15, 0.2) is 24.3 Å². The Bertz CT molecular complexity index is 313. The van der Waals surface area contributed by atoms with Gasteiger partial charge in [-0.1, -0.05) is 12.1 Å². The first-order valence-corrected chi connectivity index (χ1v) is 5.73. The maximum Gasteiger partial charge on any atom is 0.119 e. The first kappa shape index (κ1) is 13.0. The van der Waals surface area contributed by atoms with Crippen molar-refractivity contribution in [3.05, 3.63) is 29.8 Å². The topological polar surface area (TPSA) is 47.3 Å². The Morgan fingerprint density at radius 2 is 2.12 bits per heavy atom. The molecule has 2 unspecified atom stereocenters. The Labute approximate surface area is 98.0 Å². The summed E-state index contributed by atoms with van der Waals surface area (Å²) in [5.74, 6) is 0.914. The lowest BCUT2D eigenvalue weighted by Crippen LogP contribution is -2.37. The molecule has 0 spiro atoms. The van der Waals surface area contributed by atoms with Crippen LogP contribution >= 0.6 is 0 Å². The minimum Gasteiger partial charge on any atom is -0.497 e. The molecule has 1 rings (SSSR count). The van der Waals surface area contributed by atoms with Gasteiger partial charge in [-0.3, -0.25) is 0 Å². The molecule has 16 heavy (non-hydrogen) atoms. The third-order valence-electron chi connectivity index (χ3n) is 2.46. The second-order valence-electron chi connectivity index (χ2n) is 4.34. The second kappa shape index (κ2) is 6.51. The van der Waals surface area contributed by atoms with Crippen LogP contribution in [0.2, 0.25) is 0 Å². The fourth-order valence-electron chi connectivity index (χ4n) is 1.61. The molecule has 0 aliphatic heterocycles. The van der Waals surface area contributed by atoms with Gasteiger partial charge in [-0.15, -0.1) is 0 Å². The van der Waals surface area contributed by atoms with Crippen LogP contribution in [0.5, 0.6) is 5.75 Å². The first-order chi connectivity index (χ1) is 7.61. The van der Waals surface area contributed by atoms with Gasteiger partial charge in [0.15, 0.2) is 0 Å². The van der Waals surface area contributed by atoms with Crippen molar-refractivity contribution in [2.75, 3.05) is 13.7 Å². The van der Waals surface area contributed by atoms with Gasteiger partial charge in [-0.05, 0) is 38.0 Å². The van der Waals surface area contributed by atoms with Gasteiger partial charge in [0.25, 0.3) is 0 Å². The largest absolute Gasteiger partial charge is 0.497 e. The lowest BCUT2D eigenvalue weighted by molar-refractivity contribution is 0.414. The highest BCUT2D eigenvalue weighted by Gasteiger charge is 2.04. The second-order valence-corrected chi connectivity index (χ2v) is 4.34. The average molecular weight is 222 g/mol. The molecule has 3 nitrogen and oxygen atoms in total. The van der Waals surface area contributed by atoms with E-state index in [9.17, 15) is 0 Å². The molecule has 0 aliphatic carbocycles. The monoisotopic (exact) mass is 222 g/mol. The molecular formula is C13H22N2O. The van der Waals surface area contributed by atoms with E-state index in [1.54, 1.807) is 7.11 Å². The number of benzene rings is 1. The molecule has 90 valence electrons. The van der Waals surface area contributed by atoms with E-state index in [1.165, 1.54) is 5.56 Å². The Morgan fingerprint density at radius 1 is 1.38 bits per heavy atom. The fourth-order valence-corrected chi connectivity index (χ4v) is 1.61. The van der Waals surface area contributed by atoms with E-state index in [-0.39, 0.29) is 6.04 Å². The predicted octanol–water partition coefficient (Wildman–Crippen LogP) is 1.56. The van der Waals surface area contributed by atoms with Crippen LogP contribution in [0.1, 0.15) is 19.4 Å². The highest BCUT2D eigenvalue weighted by molar-refractivity contribution is 5.28. The summed E-state index contributed by atoms with van der Waals surface area (Å²) in [7, 11) is 1.69. The van der Waals surface area contributed by atoms with Gasteiger partial charge in [-0.25, -0.2) is 0 Å². The van der Waals surface area contributed by atoms with Gasteiger partial charge in [0.2, 0.25) is 0 Å². The molecular weight excluding hydrogens is 200 g/mol. The van der Waals surface area contributed by atoms with E-state index >= 15 is 0 Å². The molecule has 3 heteroatoms. The van der Waals surface area contributed by atoms with Crippen molar-refractivity contribution in [3.63, 3.8) is 0 Å². The van der Waals surface area contributed by atoms with Gasteiger partial charge < -0.3 is 15.8 Å². The van der Waals surface area contributed by atoms with Gasteiger partial charge in [0, 0.05) is 18.6 Å². The number of nitrogens with one attached hydrogen (secondary N) is 1. The molecule has 2 atom stereocenters.